The largest absolute Gasteiger partial charge is 0.379 e. The summed E-state index contributed by atoms with van der Waals surface area (Å²) in [6.07, 6.45) is 2.35. The maximum atomic E-state index is 16.4. The molecule has 0 bridgehead atoms. The van der Waals surface area contributed by atoms with Gasteiger partial charge in [0.2, 0.25) is 5.78 Å². The molecule has 0 spiro atoms. The number of anilines is 1. The minimum Gasteiger partial charge on any atom is -0.379 e. The van der Waals surface area contributed by atoms with Crippen LogP contribution in [-0.4, -0.2) is 89.6 Å². The number of carbonyl (C=O) groups is 1. The number of nitrogens with one attached hydrogen (secondary N) is 1. The topological polar surface area (TPSA) is 178 Å². The zero-order valence-electron chi connectivity index (χ0n) is 26.0. The predicted molar refractivity (Wildman–Crippen MR) is 175 cm³/mol. The number of hydrogen-bond donors (Lipinski definition) is 2. The number of carbonyl (C=O) groups excluding carboxylic acids is 1. The van der Waals surface area contributed by atoms with Crippen molar-refractivity contribution >= 4 is 47.2 Å². The van der Waals surface area contributed by atoms with Crippen LogP contribution in [-0.2, 0) is 35.1 Å². The highest BCUT2D eigenvalue weighted by Crippen LogP contribution is 2.50. The summed E-state index contributed by atoms with van der Waals surface area (Å²) >= 11 is 5.42. The Kier molecular flexibility index (Phi) is 9.63. The highest BCUT2D eigenvalue weighted by atomic mass is 32.5. The normalized spacial score (nSPS) is 28.4. The Balaban J connectivity index is 1.14. The number of alkyl halides is 1. The average Bonchev–Trinajstić information content (AvgIpc) is 3.83. The van der Waals surface area contributed by atoms with E-state index >= 15 is 4.39 Å². The fraction of sp³-hybridized carbons (Fsp3) is 0.400. The van der Waals surface area contributed by atoms with E-state index in [4.69, 9.17) is 35.1 Å². The quantitative estimate of drug-likeness (QED) is 0.254. The van der Waals surface area contributed by atoms with E-state index in [9.17, 15) is 14.5 Å². The lowest BCUT2D eigenvalue weighted by Gasteiger charge is -2.28. The van der Waals surface area contributed by atoms with Crippen molar-refractivity contribution in [3.8, 4) is 0 Å². The number of aromatic nitrogens is 7. The molecule has 2 N–H and O–H groups in total. The Bertz CT molecular complexity index is 2060. The number of methoxy groups -OCH3 is 1. The van der Waals surface area contributed by atoms with Crippen molar-refractivity contribution in [2.45, 2.75) is 43.7 Å². The second kappa shape index (κ2) is 14.1. The summed E-state index contributed by atoms with van der Waals surface area (Å²) in [6, 6.07) is 9.94. The first-order valence-corrected chi connectivity index (χ1v) is 18.0. The lowest BCUT2D eigenvalue weighted by molar-refractivity contribution is -0.0407. The van der Waals surface area contributed by atoms with Crippen LogP contribution in [0.4, 0.5) is 10.2 Å². The predicted octanol–water partition coefficient (Wildman–Crippen LogP) is 3.01. The second-order valence-corrected chi connectivity index (χ2v) is 14.3. The summed E-state index contributed by atoms with van der Waals surface area (Å²) in [7, 11) is 1.51. The first-order valence-electron chi connectivity index (χ1n) is 15.4. The molecule has 1 aromatic carbocycles. The van der Waals surface area contributed by atoms with Crippen molar-refractivity contribution in [1.29, 1.82) is 0 Å². The van der Waals surface area contributed by atoms with Crippen LogP contribution < -0.4 is 10.9 Å². The maximum Gasteiger partial charge on any atom is 0.326 e. The molecule has 0 saturated carbocycles. The van der Waals surface area contributed by atoms with Gasteiger partial charge in [0, 0.05) is 56.3 Å². The highest BCUT2D eigenvalue weighted by molar-refractivity contribution is 8.07. The molecule has 2 aliphatic rings. The number of amides is 1. The number of ether oxygens (including phenoxy) is 3. The van der Waals surface area contributed by atoms with Gasteiger partial charge in [-0.1, -0.05) is 18.2 Å². The van der Waals surface area contributed by atoms with Gasteiger partial charge in [0.25, 0.3) is 11.5 Å². The van der Waals surface area contributed by atoms with Gasteiger partial charge in [-0.3, -0.25) is 27.6 Å². The number of halogens is 1. The second-order valence-electron chi connectivity index (χ2n) is 11.5. The summed E-state index contributed by atoms with van der Waals surface area (Å²) in [5.74, 6) is -0.719. The third-order valence-electron chi connectivity index (χ3n) is 8.51. The summed E-state index contributed by atoms with van der Waals surface area (Å²) in [5, 5.41) is 2.74. The van der Waals surface area contributed by atoms with E-state index in [1.807, 2.05) is 0 Å². The Morgan fingerprint density at radius 2 is 1.96 bits per heavy atom. The molecule has 19 heteroatoms. The van der Waals surface area contributed by atoms with Crippen molar-refractivity contribution in [1.82, 2.24) is 33.5 Å². The highest BCUT2D eigenvalue weighted by Gasteiger charge is 2.47. The van der Waals surface area contributed by atoms with Crippen LogP contribution in [0.15, 0.2) is 72.4 Å². The third kappa shape index (κ3) is 6.91. The number of nitrogens with zero attached hydrogens (tertiary/aromatic N) is 7. The van der Waals surface area contributed by atoms with Crippen LogP contribution in [0.2, 0.25) is 0 Å². The Labute approximate surface area is 283 Å². The first kappa shape index (κ1) is 33.5. The molecule has 2 saturated heterocycles. The Hall–Kier alpha value is -4.00. The van der Waals surface area contributed by atoms with Gasteiger partial charge < -0.3 is 28.9 Å². The van der Waals surface area contributed by atoms with E-state index in [1.165, 1.54) is 53.4 Å². The average molecular weight is 715 g/mol. The van der Waals surface area contributed by atoms with Crippen LogP contribution in [0.3, 0.4) is 0 Å². The fourth-order valence-electron chi connectivity index (χ4n) is 6.02. The molecule has 5 aromatic rings. The first-order chi connectivity index (χ1) is 23.7. The summed E-state index contributed by atoms with van der Waals surface area (Å²) in [5.41, 5.74) is 0.610. The van der Waals surface area contributed by atoms with E-state index in [0.29, 0.717) is 5.56 Å². The van der Waals surface area contributed by atoms with E-state index in [-0.39, 0.29) is 61.0 Å². The molecule has 4 aromatic heterocycles. The zero-order chi connectivity index (χ0) is 34.1. The summed E-state index contributed by atoms with van der Waals surface area (Å²) < 4.78 is 50.3. The van der Waals surface area contributed by atoms with E-state index in [0.717, 1.165) is 0 Å². The van der Waals surface area contributed by atoms with Crippen molar-refractivity contribution in [2.24, 2.45) is 5.92 Å². The van der Waals surface area contributed by atoms with Gasteiger partial charge in [0.1, 0.15) is 12.6 Å². The number of fused-ring (bicyclic) bond motifs is 3. The number of rotatable bonds is 5. The minimum atomic E-state index is -4.00. The number of hydrogen-bond acceptors (Lipinski definition) is 12. The van der Waals surface area contributed by atoms with Gasteiger partial charge in [-0.2, -0.15) is 0 Å². The molecule has 7 atom stereocenters. The molecule has 7 rings (SSSR count). The molecule has 6 heterocycles. The number of imidazole rings is 2. The summed E-state index contributed by atoms with van der Waals surface area (Å²) in [6.45, 7) is -4.00. The Morgan fingerprint density at radius 1 is 1.12 bits per heavy atom. The molecule has 49 heavy (non-hydrogen) atoms. The third-order valence-corrected chi connectivity index (χ3v) is 10.1. The molecule has 1 unspecified atom stereocenters. The molecule has 0 radical (unpaired) electrons. The molecular weight excluding hydrogens is 682 g/mol. The smallest absolute Gasteiger partial charge is 0.326 e. The monoisotopic (exact) mass is 714 g/mol. The Morgan fingerprint density at radius 3 is 2.78 bits per heavy atom. The standard InChI is InChI=1S/C30H32FN8O8PS/c1-43-19-13-23(38-10-7-22(40)37-11-9-32-30(37)38)47-48(42,49)45-15-21-20(8-12-44-14-19)24(31)29(46-21)39-17-35-25-26(33-16-34-27(25)39)36-28(41)18-5-3-2-4-6-18/h2-7,9-11,16-17,19-21,23-24,29H,8,12-15H2,1H3,(H,42,49)(H,33,34,36,41)/t19-,20+,21+,23+,24-,29+,48?/m0/s1. The van der Waals surface area contributed by atoms with Crippen LogP contribution >= 0.6 is 6.72 Å². The van der Waals surface area contributed by atoms with Gasteiger partial charge in [-0.15, -0.1) is 0 Å². The lowest BCUT2D eigenvalue weighted by atomic mass is 9.96. The van der Waals surface area contributed by atoms with Crippen LogP contribution in [0.25, 0.3) is 16.9 Å². The molecule has 1 amide bonds. The van der Waals surface area contributed by atoms with Gasteiger partial charge in [0.05, 0.1) is 31.7 Å². The number of benzene rings is 1. The zero-order valence-corrected chi connectivity index (χ0v) is 27.7. The van der Waals surface area contributed by atoms with Crippen molar-refractivity contribution in [3.05, 3.63) is 83.6 Å². The van der Waals surface area contributed by atoms with Crippen molar-refractivity contribution in [2.75, 3.05) is 32.2 Å². The molecule has 0 aliphatic carbocycles. The molecule has 16 nitrogen and oxygen atoms in total. The van der Waals surface area contributed by atoms with E-state index < -0.39 is 49.4 Å². The molecule has 258 valence electrons. The van der Waals surface area contributed by atoms with E-state index in [1.54, 1.807) is 34.9 Å². The van der Waals surface area contributed by atoms with Gasteiger partial charge in [0.15, 0.2) is 29.4 Å². The SMILES string of the molecule is CO[C@@H]1COCC[C@H]2[C@H](F)[C@H](n3cnc4c(NC(=O)c5ccccc5)ncnc43)O[C@@H]2COP(O)(=S)O[C@@H](n2ccc(=O)n3ccnc23)C1. The van der Waals surface area contributed by atoms with Gasteiger partial charge in [-0.25, -0.2) is 24.3 Å². The lowest BCUT2D eigenvalue weighted by Crippen LogP contribution is -2.28. The van der Waals surface area contributed by atoms with Crippen LogP contribution in [0.5, 0.6) is 0 Å². The summed E-state index contributed by atoms with van der Waals surface area (Å²) in [4.78, 5) is 53.5. The van der Waals surface area contributed by atoms with Gasteiger partial charge in [-0.05, 0) is 30.4 Å². The van der Waals surface area contributed by atoms with E-state index in [2.05, 4.69) is 25.3 Å². The van der Waals surface area contributed by atoms with Crippen molar-refractivity contribution in [3.63, 3.8) is 0 Å². The van der Waals surface area contributed by atoms with Gasteiger partial charge >= 0.3 is 6.72 Å². The molecule has 2 aliphatic heterocycles. The molecule has 2 fully saturated rings. The fourth-order valence-corrected chi connectivity index (χ4v) is 7.39. The minimum absolute atomic E-state index is 0.121. The van der Waals surface area contributed by atoms with Crippen LogP contribution in [0, 0.1) is 5.92 Å². The molecular formula is C30H32FN8O8PS. The van der Waals surface area contributed by atoms with Crippen molar-refractivity contribution < 1.29 is 37.3 Å². The maximum absolute atomic E-state index is 16.4. The van der Waals surface area contributed by atoms with Crippen LogP contribution in [0.1, 0.15) is 35.7 Å².